The molecule has 5 aromatic rings. The van der Waals surface area contributed by atoms with E-state index < -0.39 is 0 Å². The van der Waals surface area contributed by atoms with Gasteiger partial charge in [0, 0.05) is 50.3 Å². The molecule has 0 bridgehead atoms. The van der Waals surface area contributed by atoms with Gasteiger partial charge in [0.05, 0.1) is 30.1 Å². The molecule has 1 atom stereocenters. The van der Waals surface area contributed by atoms with Gasteiger partial charge in [-0.2, -0.15) is 0 Å². The number of hydrogen-bond acceptors (Lipinski definition) is 7. The molecule has 2 aliphatic rings. The fourth-order valence-corrected chi connectivity index (χ4v) is 6.50. The van der Waals surface area contributed by atoms with Crippen LogP contribution in [0.4, 0.5) is 5.95 Å². The number of ether oxygens (including phenoxy) is 2. The molecule has 7 rings (SSSR count). The van der Waals surface area contributed by atoms with Crippen LogP contribution in [0, 0.1) is 0 Å². The van der Waals surface area contributed by atoms with Crippen molar-refractivity contribution in [1.82, 2.24) is 19.4 Å². The third-order valence-corrected chi connectivity index (χ3v) is 8.95. The van der Waals surface area contributed by atoms with Crippen molar-refractivity contribution in [2.24, 2.45) is 0 Å². The third-order valence-electron chi connectivity index (χ3n) is 8.95. The Morgan fingerprint density at radius 1 is 0.933 bits per heavy atom. The van der Waals surface area contributed by atoms with Crippen molar-refractivity contribution < 1.29 is 18.7 Å². The Balaban J connectivity index is 1.05. The number of likely N-dealkylation sites (N-methyl/N-ethyl adjacent to an activating group) is 1. The standard InChI is InChI=1S/C36H39N5O4/c1-38(35(42)28-8-3-2-4-9-28)24-30(29-12-13-33-34(22-29)45-26-44-33)14-18-39-16-7-17-40(20-19-39)36-37-31-10-5-6-11-32(31)41(36)23-27-15-21-43-25-27/h2-6,8-13,15,21-22,25,30H,7,14,16-20,23-24,26H2,1H3. The van der Waals surface area contributed by atoms with Crippen molar-refractivity contribution in [3.8, 4) is 11.5 Å². The van der Waals surface area contributed by atoms with Gasteiger partial charge in [-0.15, -0.1) is 0 Å². The van der Waals surface area contributed by atoms with Crippen molar-refractivity contribution in [2.45, 2.75) is 25.3 Å². The van der Waals surface area contributed by atoms with Gasteiger partial charge in [-0.3, -0.25) is 4.79 Å². The number of imidazole rings is 1. The number of hydrogen-bond donors (Lipinski definition) is 0. The lowest BCUT2D eigenvalue weighted by Crippen LogP contribution is -2.35. The monoisotopic (exact) mass is 605 g/mol. The van der Waals surface area contributed by atoms with Crippen LogP contribution in [0.3, 0.4) is 0 Å². The zero-order valence-corrected chi connectivity index (χ0v) is 25.7. The van der Waals surface area contributed by atoms with Crippen LogP contribution in [0.15, 0.2) is 95.8 Å². The Morgan fingerprint density at radius 3 is 2.64 bits per heavy atom. The molecule has 4 heterocycles. The number of carbonyl (C=O) groups is 1. The van der Waals surface area contributed by atoms with E-state index >= 15 is 0 Å². The van der Waals surface area contributed by atoms with Gasteiger partial charge < -0.3 is 33.2 Å². The summed E-state index contributed by atoms with van der Waals surface area (Å²) in [5.74, 6) is 2.75. The molecule has 0 spiro atoms. The number of fused-ring (bicyclic) bond motifs is 2. The highest BCUT2D eigenvalue weighted by Crippen LogP contribution is 2.36. The predicted molar refractivity (Wildman–Crippen MR) is 174 cm³/mol. The van der Waals surface area contributed by atoms with Crippen molar-refractivity contribution in [1.29, 1.82) is 0 Å². The van der Waals surface area contributed by atoms with E-state index in [-0.39, 0.29) is 18.6 Å². The summed E-state index contributed by atoms with van der Waals surface area (Å²) in [7, 11) is 1.90. The number of para-hydroxylation sites is 2. The summed E-state index contributed by atoms with van der Waals surface area (Å²) in [5, 5.41) is 0. The van der Waals surface area contributed by atoms with E-state index in [1.807, 2.05) is 66.7 Å². The van der Waals surface area contributed by atoms with Gasteiger partial charge in [0.1, 0.15) is 0 Å². The molecule has 9 heteroatoms. The fourth-order valence-electron chi connectivity index (χ4n) is 6.50. The minimum atomic E-state index is 0.0325. The average molecular weight is 606 g/mol. The maximum Gasteiger partial charge on any atom is 0.253 e. The number of benzene rings is 3. The first-order valence-corrected chi connectivity index (χ1v) is 15.8. The third kappa shape index (κ3) is 6.40. The Labute approximate surface area is 263 Å². The molecule has 45 heavy (non-hydrogen) atoms. The fraction of sp³-hybridized carbons (Fsp3) is 0.333. The first-order chi connectivity index (χ1) is 22.1. The maximum atomic E-state index is 13.3. The van der Waals surface area contributed by atoms with Crippen molar-refractivity contribution in [3.63, 3.8) is 0 Å². The molecule has 0 aliphatic carbocycles. The summed E-state index contributed by atoms with van der Waals surface area (Å²) in [6.45, 7) is 6.33. The Morgan fingerprint density at radius 2 is 1.78 bits per heavy atom. The van der Waals surface area contributed by atoms with Gasteiger partial charge in [-0.05, 0) is 74.0 Å². The lowest BCUT2D eigenvalue weighted by atomic mass is 9.94. The highest BCUT2D eigenvalue weighted by atomic mass is 16.7. The largest absolute Gasteiger partial charge is 0.472 e. The number of anilines is 1. The Hall–Kier alpha value is -4.76. The smallest absolute Gasteiger partial charge is 0.253 e. The molecule has 2 aliphatic heterocycles. The lowest BCUT2D eigenvalue weighted by molar-refractivity contribution is 0.0782. The van der Waals surface area contributed by atoms with Crippen LogP contribution in [0.2, 0.25) is 0 Å². The molecule has 0 radical (unpaired) electrons. The zero-order chi connectivity index (χ0) is 30.6. The number of amides is 1. The van der Waals surface area contributed by atoms with E-state index in [9.17, 15) is 4.79 Å². The molecule has 1 saturated heterocycles. The summed E-state index contributed by atoms with van der Waals surface area (Å²) in [6, 6.07) is 26.1. The summed E-state index contributed by atoms with van der Waals surface area (Å²) < 4.78 is 19.0. The van der Waals surface area contributed by atoms with Crippen molar-refractivity contribution in [3.05, 3.63) is 108 Å². The predicted octanol–water partition coefficient (Wildman–Crippen LogP) is 5.86. The Kier molecular flexibility index (Phi) is 8.42. The normalized spacial score (nSPS) is 15.7. The topological polar surface area (TPSA) is 76.2 Å². The van der Waals surface area contributed by atoms with E-state index in [1.165, 1.54) is 0 Å². The second kappa shape index (κ2) is 13.1. The minimum Gasteiger partial charge on any atom is -0.472 e. The molecular formula is C36H39N5O4. The van der Waals surface area contributed by atoms with E-state index in [0.29, 0.717) is 12.1 Å². The lowest BCUT2D eigenvalue weighted by Gasteiger charge is -2.28. The molecule has 0 N–H and O–H groups in total. The molecule has 3 aromatic carbocycles. The number of aromatic nitrogens is 2. The van der Waals surface area contributed by atoms with Crippen molar-refractivity contribution in [2.75, 3.05) is 58.0 Å². The molecule has 1 amide bonds. The average Bonchev–Trinajstić information content (AvgIpc) is 3.81. The molecular weight excluding hydrogens is 566 g/mol. The van der Waals surface area contributed by atoms with Crippen LogP contribution in [-0.2, 0) is 6.54 Å². The number of nitrogens with zero attached hydrogens (tertiary/aromatic N) is 5. The number of rotatable bonds is 10. The van der Waals surface area contributed by atoms with Gasteiger partial charge >= 0.3 is 0 Å². The van der Waals surface area contributed by atoms with Crippen LogP contribution >= 0.6 is 0 Å². The first kappa shape index (κ1) is 29.0. The molecule has 1 fully saturated rings. The molecule has 0 saturated carbocycles. The SMILES string of the molecule is CN(CC(CCN1CCCN(c2nc3ccccc3n2Cc2ccoc2)CC1)c1ccc2c(c1)OCO2)C(=O)c1ccccc1. The number of carbonyl (C=O) groups excluding carboxylic acids is 1. The van der Waals surface area contributed by atoms with E-state index in [4.69, 9.17) is 18.9 Å². The van der Waals surface area contributed by atoms with Crippen LogP contribution in [-0.4, -0.2) is 78.4 Å². The number of furan rings is 1. The van der Waals surface area contributed by atoms with Crippen LogP contribution in [0.25, 0.3) is 11.0 Å². The second-order valence-corrected chi connectivity index (χ2v) is 12.0. The quantitative estimate of drug-likeness (QED) is 0.197. The van der Waals surface area contributed by atoms with E-state index in [0.717, 1.165) is 91.7 Å². The van der Waals surface area contributed by atoms with Crippen LogP contribution < -0.4 is 14.4 Å². The highest BCUT2D eigenvalue weighted by Gasteiger charge is 2.25. The summed E-state index contributed by atoms with van der Waals surface area (Å²) in [4.78, 5) is 25.2. The van der Waals surface area contributed by atoms with E-state index in [2.05, 4.69) is 44.7 Å². The van der Waals surface area contributed by atoms with E-state index in [1.54, 1.807) is 6.26 Å². The molecule has 9 nitrogen and oxygen atoms in total. The Bertz CT molecular complexity index is 1740. The maximum absolute atomic E-state index is 13.3. The van der Waals surface area contributed by atoms with Gasteiger partial charge in [0.2, 0.25) is 12.7 Å². The minimum absolute atomic E-state index is 0.0325. The molecule has 232 valence electrons. The van der Waals surface area contributed by atoms with Crippen molar-refractivity contribution >= 4 is 22.9 Å². The van der Waals surface area contributed by atoms with Crippen LogP contribution in [0.5, 0.6) is 11.5 Å². The van der Waals surface area contributed by atoms with Crippen LogP contribution in [0.1, 0.15) is 40.2 Å². The second-order valence-electron chi connectivity index (χ2n) is 12.0. The summed E-state index contributed by atoms with van der Waals surface area (Å²) in [5.41, 5.74) is 5.14. The summed E-state index contributed by atoms with van der Waals surface area (Å²) >= 11 is 0. The summed E-state index contributed by atoms with van der Waals surface area (Å²) in [6.07, 6.45) is 5.51. The van der Waals surface area contributed by atoms with Gasteiger partial charge in [-0.1, -0.05) is 36.4 Å². The highest BCUT2D eigenvalue weighted by molar-refractivity contribution is 5.94. The van der Waals surface area contributed by atoms with Gasteiger partial charge in [-0.25, -0.2) is 4.98 Å². The zero-order valence-electron chi connectivity index (χ0n) is 25.7. The molecule has 2 aromatic heterocycles. The van der Waals surface area contributed by atoms with Gasteiger partial charge in [0.25, 0.3) is 5.91 Å². The molecule has 1 unspecified atom stereocenters. The first-order valence-electron chi connectivity index (χ1n) is 15.8. The van der Waals surface area contributed by atoms with Gasteiger partial charge in [0.15, 0.2) is 11.5 Å².